The predicted molar refractivity (Wildman–Crippen MR) is 66.6 cm³/mol. The van der Waals surface area contributed by atoms with Crippen molar-refractivity contribution >= 4 is 17.4 Å². The van der Waals surface area contributed by atoms with Crippen LogP contribution in [0.2, 0.25) is 0 Å². The van der Waals surface area contributed by atoms with E-state index in [2.05, 4.69) is 17.3 Å². The molecule has 1 heterocycles. The van der Waals surface area contributed by atoms with Crippen molar-refractivity contribution in [2.24, 2.45) is 0 Å². The summed E-state index contributed by atoms with van der Waals surface area (Å²) in [6, 6.07) is 8.15. The zero-order valence-corrected chi connectivity index (χ0v) is 9.27. The molecule has 15 heavy (non-hydrogen) atoms. The molecule has 2 heteroatoms. The zero-order valence-electron chi connectivity index (χ0n) is 8.45. The molecule has 0 bridgehead atoms. The highest BCUT2D eigenvalue weighted by molar-refractivity contribution is 8.03. The number of fused-ring (bicyclic) bond motifs is 1. The van der Waals surface area contributed by atoms with Gasteiger partial charge in [0, 0.05) is 9.80 Å². The summed E-state index contributed by atoms with van der Waals surface area (Å²) in [6.45, 7) is 1.99. The smallest absolute Gasteiger partial charge is 0.104 e. The maximum atomic E-state index is 5.46. The molecule has 0 aliphatic carbocycles. The van der Waals surface area contributed by atoms with Crippen LogP contribution in [0.1, 0.15) is 6.92 Å². The van der Waals surface area contributed by atoms with Gasteiger partial charge < -0.3 is 5.32 Å². The molecule has 0 spiro atoms. The van der Waals surface area contributed by atoms with E-state index in [0.29, 0.717) is 0 Å². The second kappa shape index (κ2) is 4.29. The van der Waals surface area contributed by atoms with Crippen LogP contribution in [0.25, 0.3) is 0 Å². The van der Waals surface area contributed by atoms with Gasteiger partial charge in [0.25, 0.3) is 0 Å². The predicted octanol–water partition coefficient (Wildman–Crippen LogP) is 3.63. The fourth-order valence-electron chi connectivity index (χ4n) is 1.40. The number of anilines is 1. The van der Waals surface area contributed by atoms with Gasteiger partial charge in [0.15, 0.2) is 0 Å². The standard InChI is InChI=1S/C13H11NS/c1-3-7-12-10(4-2)14-11-8-5-6-9-13(11)15-12/h2-3,5-9,14H,1H3/b7-3-. The SMILES string of the molecule is C#CC1=C(/C=C\C)Sc2ccccc2N1. The lowest BCUT2D eigenvalue weighted by atomic mass is 10.3. The molecule has 2 rings (SSSR count). The number of hydrogen-bond acceptors (Lipinski definition) is 2. The van der Waals surface area contributed by atoms with E-state index >= 15 is 0 Å². The molecule has 1 aromatic rings. The molecular weight excluding hydrogens is 202 g/mol. The monoisotopic (exact) mass is 213 g/mol. The summed E-state index contributed by atoms with van der Waals surface area (Å²) in [5.41, 5.74) is 1.93. The first-order chi connectivity index (χ1) is 7.35. The minimum Gasteiger partial charge on any atom is -0.347 e. The van der Waals surface area contributed by atoms with Gasteiger partial charge in [-0.3, -0.25) is 0 Å². The van der Waals surface area contributed by atoms with Crippen LogP contribution in [0.4, 0.5) is 5.69 Å². The van der Waals surface area contributed by atoms with E-state index in [4.69, 9.17) is 6.42 Å². The molecule has 0 saturated heterocycles. The number of rotatable bonds is 1. The van der Waals surface area contributed by atoms with Crippen molar-refractivity contribution in [2.45, 2.75) is 11.8 Å². The van der Waals surface area contributed by atoms with Crippen LogP contribution in [0, 0.1) is 12.3 Å². The van der Waals surface area contributed by atoms with Gasteiger partial charge in [0.2, 0.25) is 0 Å². The first-order valence-corrected chi connectivity index (χ1v) is 5.54. The normalized spacial score (nSPS) is 14.7. The minimum atomic E-state index is 0.844. The van der Waals surface area contributed by atoms with Gasteiger partial charge in [-0.05, 0) is 25.1 Å². The maximum absolute atomic E-state index is 5.46. The summed E-state index contributed by atoms with van der Waals surface area (Å²) in [4.78, 5) is 2.31. The number of thioether (sulfide) groups is 1. The van der Waals surface area contributed by atoms with Crippen LogP contribution in [0.3, 0.4) is 0 Å². The molecule has 0 atom stereocenters. The topological polar surface area (TPSA) is 12.0 Å². The Morgan fingerprint density at radius 3 is 2.93 bits per heavy atom. The van der Waals surface area contributed by atoms with Crippen molar-refractivity contribution in [1.29, 1.82) is 0 Å². The summed E-state index contributed by atoms with van der Waals surface area (Å²) in [5.74, 6) is 2.68. The highest BCUT2D eigenvalue weighted by atomic mass is 32.2. The molecule has 74 valence electrons. The van der Waals surface area contributed by atoms with Gasteiger partial charge in [0.1, 0.15) is 5.70 Å². The number of allylic oxidation sites excluding steroid dienone is 3. The average Bonchev–Trinajstić information content (AvgIpc) is 2.28. The zero-order chi connectivity index (χ0) is 10.7. The van der Waals surface area contributed by atoms with E-state index in [1.807, 2.05) is 37.3 Å². The molecule has 0 amide bonds. The van der Waals surface area contributed by atoms with E-state index in [9.17, 15) is 0 Å². The number of nitrogens with one attached hydrogen (secondary N) is 1. The largest absolute Gasteiger partial charge is 0.347 e. The van der Waals surface area contributed by atoms with Crippen molar-refractivity contribution in [1.82, 2.24) is 0 Å². The van der Waals surface area contributed by atoms with E-state index in [1.165, 1.54) is 4.90 Å². The first kappa shape index (κ1) is 9.95. The van der Waals surface area contributed by atoms with Gasteiger partial charge in [0.05, 0.1) is 5.69 Å². The van der Waals surface area contributed by atoms with Gasteiger partial charge in [-0.25, -0.2) is 0 Å². The lowest BCUT2D eigenvalue weighted by molar-refractivity contribution is 1.36. The molecule has 0 unspecified atom stereocenters. The Morgan fingerprint density at radius 1 is 1.40 bits per heavy atom. The molecule has 1 aliphatic heterocycles. The number of benzene rings is 1. The summed E-state index contributed by atoms with van der Waals surface area (Å²) >= 11 is 1.70. The van der Waals surface area contributed by atoms with E-state index < -0.39 is 0 Å². The summed E-state index contributed by atoms with van der Waals surface area (Å²) in [7, 11) is 0. The molecule has 1 N–H and O–H groups in total. The summed E-state index contributed by atoms with van der Waals surface area (Å²) in [5, 5.41) is 3.25. The third-order valence-corrected chi connectivity index (χ3v) is 3.21. The lowest BCUT2D eigenvalue weighted by Gasteiger charge is -2.19. The van der Waals surface area contributed by atoms with E-state index in [0.717, 1.165) is 16.3 Å². The minimum absolute atomic E-state index is 0.844. The third kappa shape index (κ3) is 1.93. The van der Waals surface area contributed by atoms with Gasteiger partial charge >= 0.3 is 0 Å². The Balaban J connectivity index is 2.43. The van der Waals surface area contributed by atoms with Crippen molar-refractivity contribution in [3.8, 4) is 12.3 Å². The lowest BCUT2D eigenvalue weighted by Crippen LogP contribution is -2.05. The molecule has 1 nitrogen and oxygen atoms in total. The Labute approximate surface area is 94.3 Å². The van der Waals surface area contributed by atoms with Gasteiger partial charge in [-0.2, -0.15) is 0 Å². The van der Waals surface area contributed by atoms with Crippen LogP contribution < -0.4 is 5.32 Å². The Morgan fingerprint density at radius 2 is 2.20 bits per heavy atom. The van der Waals surface area contributed by atoms with Crippen LogP contribution in [0.5, 0.6) is 0 Å². The highest BCUT2D eigenvalue weighted by Crippen LogP contribution is 2.39. The summed E-state index contributed by atoms with van der Waals surface area (Å²) in [6.07, 6.45) is 9.49. The fraction of sp³-hybridized carbons (Fsp3) is 0.0769. The summed E-state index contributed by atoms with van der Waals surface area (Å²) < 4.78 is 0. The fourth-order valence-corrected chi connectivity index (χ4v) is 2.43. The van der Waals surface area contributed by atoms with Crippen molar-refractivity contribution in [3.63, 3.8) is 0 Å². The number of terminal acetylenes is 1. The second-order valence-corrected chi connectivity index (χ2v) is 4.19. The van der Waals surface area contributed by atoms with E-state index in [-0.39, 0.29) is 0 Å². The quantitative estimate of drug-likeness (QED) is 0.715. The Bertz CT molecular complexity index is 478. The Kier molecular flexibility index (Phi) is 2.84. The maximum Gasteiger partial charge on any atom is 0.104 e. The molecule has 1 aromatic carbocycles. The molecule has 0 saturated carbocycles. The first-order valence-electron chi connectivity index (χ1n) is 4.72. The second-order valence-electron chi connectivity index (χ2n) is 3.11. The molecule has 0 aromatic heterocycles. The van der Waals surface area contributed by atoms with Gasteiger partial charge in [-0.1, -0.05) is 35.9 Å². The van der Waals surface area contributed by atoms with Crippen LogP contribution in [-0.2, 0) is 0 Å². The van der Waals surface area contributed by atoms with Crippen molar-refractivity contribution in [2.75, 3.05) is 5.32 Å². The molecule has 0 fully saturated rings. The molecular formula is C13H11NS. The van der Waals surface area contributed by atoms with Crippen LogP contribution >= 0.6 is 11.8 Å². The number of hydrogen-bond donors (Lipinski definition) is 1. The van der Waals surface area contributed by atoms with Crippen molar-refractivity contribution < 1.29 is 0 Å². The van der Waals surface area contributed by atoms with Crippen molar-refractivity contribution in [3.05, 3.63) is 47.0 Å². The van der Waals surface area contributed by atoms with Crippen LogP contribution in [-0.4, -0.2) is 0 Å². The molecule has 0 radical (unpaired) electrons. The highest BCUT2D eigenvalue weighted by Gasteiger charge is 2.14. The Hall–Kier alpha value is -1.59. The van der Waals surface area contributed by atoms with E-state index in [1.54, 1.807) is 11.8 Å². The van der Waals surface area contributed by atoms with Crippen LogP contribution in [0.15, 0.2) is 51.9 Å². The third-order valence-electron chi connectivity index (χ3n) is 2.08. The van der Waals surface area contributed by atoms with Gasteiger partial charge in [-0.15, -0.1) is 6.42 Å². The average molecular weight is 213 g/mol. The number of para-hydroxylation sites is 1. The molecule has 1 aliphatic rings.